The van der Waals surface area contributed by atoms with Crippen molar-refractivity contribution >= 4 is 11.9 Å². The number of guanidine groups is 1. The van der Waals surface area contributed by atoms with Crippen molar-refractivity contribution in [1.82, 2.24) is 10.6 Å². The van der Waals surface area contributed by atoms with Crippen molar-refractivity contribution in [3.63, 3.8) is 0 Å². The number of benzene rings is 1. The first-order chi connectivity index (χ1) is 8.59. The quantitative estimate of drug-likeness (QED) is 0.773. The standard InChI is InChI=1S/C14H17N3O/c1-9(2)15-13-16-12(18)14(17-13)7-10-5-3-4-6-11(10)8-14/h3-6,9H,7-8H2,1-2H3,(H2,15,16,17,18). The zero-order valence-electron chi connectivity index (χ0n) is 10.7. The van der Waals surface area contributed by atoms with E-state index >= 15 is 0 Å². The van der Waals surface area contributed by atoms with Crippen LogP contribution >= 0.6 is 0 Å². The van der Waals surface area contributed by atoms with Gasteiger partial charge in [0.15, 0.2) is 5.96 Å². The Morgan fingerprint density at radius 2 is 1.83 bits per heavy atom. The van der Waals surface area contributed by atoms with Crippen LogP contribution in [0.15, 0.2) is 29.3 Å². The minimum absolute atomic E-state index is 0.0399. The van der Waals surface area contributed by atoms with Crippen LogP contribution in [0.2, 0.25) is 0 Å². The van der Waals surface area contributed by atoms with E-state index in [0.717, 1.165) is 12.8 Å². The summed E-state index contributed by atoms with van der Waals surface area (Å²) in [6.07, 6.45) is 1.48. The number of nitrogens with zero attached hydrogens (tertiary/aromatic N) is 1. The summed E-state index contributed by atoms with van der Waals surface area (Å²) in [5.41, 5.74) is 1.99. The Balaban J connectivity index is 1.89. The van der Waals surface area contributed by atoms with Gasteiger partial charge in [-0.2, -0.15) is 0 Å². The largest absolute Gasteiger partial charge is 0.341 e. The van der Waals surface area contributed by atoms with E-state index in [1.54, 1.807) is 0 Å². The molecule has 4 heteroatoms. The molecule has 0 unspecified atom stereocenters. The van der Waals surface area contributed by atoms with Crippen LogP contribution in [0.4, 0.5) is 0 Å². The average Bonchev–Trinajstić information content (AvgIpc) is 2.79. The van der Waals surface area contributed by atoms with Gasteiger partial charge in [-0.05, 0) is 25.0 Å². The van der Waals surface area contributed by atoms with Crippen LogP contribution in [0, 0.1) is 0 Å². The molecular formula is C14H17N3O. The van der Waals surface area contributed by atoms with Gasteiger partial charge in [-0.15, -0.1) is 0 Å². The number of fused-ring (bicyclic) bond motifs is 1. The van der Waals surface area contributed by atoms with Crippen molar-refractivity contribution in [1.29, 1.82) is 0 Å². The smallest absolute Gasteiger partial charge is 0.253 e. The molecule has 0 saturated carbocycles. The average molecular weight is 243 g/mol. The lowest BCUT2D eigenvalue weighted by Gasteiger charge is -2.19. The molecule has 2 aliphatic rings. The molecule has 4 nitrogen and oxygen atoms in total. The maximum absolute atomic E-state index is 12.2. The zero-order chi connectivity index (χ0) is 12.8. The minimum Gasteiger partial charge on any atom is -0.341 e. The number of hydrogen-bond donors (Lipinski definition) is 2. The highest BCUT2D eigenvalue weighted by Gasteiger charge is 2.48. The van der Waals surface area contributed by atoms with E-state index in [0.29, 0.717) is 5.96 Å². The number of nitrogens with one attached hydrogen (secondary N) is 2. The topological polar surface area (TPSA) is 53.5 Å². The van der Waals surface area contributed by atoms with Gasteiger partial charge in [0.05, 0.1) is 0 Å². The van der Waals surface area contributed by atoms with E-state index in [1.807, 2.05) is 26.0 Å². The molecule has 1 spiro atoms. The molecule has 0 aromatic heterocycles. The van der Waals surface area contributed by atoms with Gasteiger partial charge in [0.2, 0.25) is 0 Å². The number of amides is 1. The Hall–Kier alpha value is -1.84. The molecule has 0 radical (unpaired) electrons. The third-order valence-corrected chi connectivity index (χ3v) is 3.51. The molecule has 18 heavy (non-hydrogen) atoms. The van der Waals surface area contributed by atoms with Crippen molar-refractivity contribution in [3.8, 4) is 0 Å². The summed E-state index contributed by atoms with van der Waals surface area (Å²) >= 11 is 0. The second kappa shape index (κ2) is 3.83. The molecule has 3 rings (SSSR count). The lowest BCUT2D eigenvalue weighted by molar-refractivity contribution is -0.123. The monoisotopic (exact) mass is 243 g/mol. The normalized spacial score (nSPS) is 22.4. The number of rotatable bonds is 1. The molecule has 1 amide bonds. The van der Waals surface area contributed by atoms with Crippen LogP contribution in [-0.4, -0.2) is 23.4 Å². The predicted octanol–water partition coefficient (Wildman–Crippen LogP) is 1.01. The number of aliphatic imine (C=N–C) groups is 1. The summed E-state index contributed by atoms with van der Waals surface area (Å²) in [5.74, 6) is 0.654. The highest BCUT2D eigenvalue weighted by molar-refractivity contribution is 6.09. The fourth-order valence-electron chi connectivity index (χ4n) is 2.73. The van der Waals surface area contributed by atoms with Gasteiger partial charge in [-0.25, -0.2) is 0 Å². The Morgan fingerprint density at radius 1 is 1.22 bits per heavy atom. The first-order valence-corrected chi connectivity index (χ1v) is 6.33. The van der Waals surface area contributed by atoms with Crippen LogP contribution in [0.5, 0.6) is 0 Å². The van der Waals surface area contributed by atoms with E-state index in [1.165, 1.54) is 11.1 Å². The molecule has 1 fully saturated rings. The first kappa shape index (κ1) is 11.3. The van der Waals surface area contributed by atoms with Crippen LogP contribution < -0.4 is 10.6 Å². The minimum atomic E-state index is -0.516. The predicted molar refractivity (Wildman–Crippen MR) is 70.4 cm³/mol. The van der Waals surface area contributed by atoms with Gasteiger partial charge < -0.3 is 5.32 Å². The summed E-state index contributed by atoms with van der Waals surface area (Å²) in [5, 5.41) is 6.14. The number of hydrogen-bond acceptors (Lipinski definition) is 2. The van der Waals surface area contributed by atoms with Crippen molar-refractivity contribution in [2.75, 3.05) is 0 Å². The molecule has 0 atom stereocenters. The molecule has 1 aliphatic carbocycles. The second-order valence-electron chi connectivity index (χ2n) is 5.35. The Labute approximate surface area is 106 Å². The molecular weight excluding hydrogens is 226 g/mol. The zero-order valence-corrected chi connectivity index (χ0v) is 10.7. The van der Waals surface area contributed by atoms with E-state index in [9.17, 15) is 4.79 Å². The maximum atomic E-state index is 12.2. The van der Waals surface area contributed by atoms with Crippen LogP contribution in [0.3, 0.4) is 0 Å². The van der Waals surface area contributed by atoms with Crippen molar-refractivity contribution in [2.45, 2.75) is 38.3 Å². The summed E-state index contributed by atoms with van der Waals surface area (Å²) in [7, 11) is 0. The Morgan fingerprint density at radius 3 is 2.39 bits per heavy atom. The molecule has 94 valence electrons. The lowest BCUT2D eigenvalue weighted by Crippen LogP contribution is -2.47. The molecule has 1 aliphatic heterocycles. The fourth-order valence-corrected chi connectivity index (χ4v) is 2.73. The Bertz CT molecular complexity index is 509. The van der Waals surface area contributed by atoms with Crippen molar-refractivity contribution < 1.29 is 4.79 Å². The molecule has 1 saturated heterocycles. The van der Waals surface area contributed by atoms with E-state index in [2.05, 4.69) is 27.8 Å². The van der Waals surface area contributed by atoms with Gasteiger partial charge >= 0.3 is 0 Å². The fraction of sp³-hybridized carbons (Fsp3) is 0.429. The van der Waals surface area contributed by atoms with Crippen LogP contribution in [0.25, 0.3) is 0 Å². The Kier molecular flexibility index (Phi) is 2.40. The maximum Gasteiger partial charge on any atom is 0.253 e. The number of carbonyl (C=O) groups is 1. The molecule has 1 aromatic rings. The van der Waals surface area contributed by atoms with E-state index in [-0.39, 0.29) is 11.9 Å². The summed E-state index contributed by atoms with van der Waals surface area (Å²) in [6.45, 7) is 3.99. The lowest BCUT2D eigenvalue weighted by atomic mass is 9.96. The van der Waals surface area contributed by atoms with Crippen molar-refractivity contribution in [2.24, 2.45) is 4.99 Å². The molecule has 2 N–H and O–H groups in total. The highest BCUT2D eigenvalue weighted by Crippen LogP contribution is 2.32. The van der Waals surface area contributed by atoms with Gasteiger partial charge in [0.1, 0.15) is 5.54 Å². The third-order valence-electron chi connectivity index (χ3n) is 3.51. The SMILES string of the molecule is CC(C)N=C1NC(=O)C2(Cc3ccccc3C2)N1. The highest BCUT2D eigenvalue weighted by atomic mass is 16.2. The first-order valence-electron chi connectivity index (χ1n) is 6.33. The van der Waals surface area contributed by atoms with E-state index < -0.39 is 5.54 Å². The second-order valence-corrected chi connectivity index (χ2v) is 5.35. The van der Waals surface area contributed by atoms with Gasteiger partial charge in [-0.1, -0.05) is 24.3 Å². The third kappa shape index (κ3) is 1.68. The van der Waals surface area contributed by atoms with Gasteiger partial charge in [0.25, 0.3) is 5.91 Å². The molecule has 1 aromatic carbocycles. The van der Waals surface area contributed by atoms with Gasteiger partial charge in [-0.3, -0.25) is 15.1 Å². The summed E-state index contributed by atoms with van der Waals surface area (Å²) < 4.78 is 0. The number of carbonyl (C=O) groups excluding carboxylic acids is 1. The molecule has 0 bridgehead atoms. The summed E-state index contributed by atoms with van der Waals surface area (Å²) in [6, 6.07) is 8.40. The van der Waals surface area contributed by atoms with E-state index in [4.69, 9.17) is 0 Å². The summed E-state index contributed by atoms with van der Waals surface area (Å²) in [4.78, 5) is 16.6. The van der Waals surface area contributed by atoms with Gasteiger partial charge in [0, 0.05) is 18.9 Å². The van der Waals surface area contributed by atoms with Crippen LogP contribution in [-0.2, 0) is 17.6 Å². The van der Waals surface area contributed by atoms with Crippen molar-refractivity contribution in [3.05, 3.63) is 35.4 Å². The van der Waals surface area contributed by atoms with Crippen LogP contribution in [0.1, 0.15) is 25.0 Å². The molecule has 1 heterocycles.